The summed E-state index contributed by atoms with van der Waals surface area (Å²) < 4.78 is 0. The molecule has 0 saturated carbocycles. The summed E-state index contributed by atoms with van der Waals surface area (Å²) in [6, 6.07) is 7.76. The number of unbranched alkanes of at least 4 members (excludes halogenated alkanes) is 4. The van der Waals surface area contributed by atoms with E-state index in [1.807, 2.05) is 12.1 Å². The van der Waals surface area contributed by atoms with E-state index in [9.17, 15) is 5.11 Å². The first-order valence-corrected chi connectivity index (χ1v) is 15.3. The van der Waals surface area contributed by atoms with Gasteiger partial charge in [0.05, 0.1) is 0 Å². The lowest BCUT2D eigenvalue weighted by Gasteiger charge is -2.34. The third-order valence-electron chi connectivity index (χ3n) is 8.90. The van der Waals surface area contributed by atoms with E-state index in [1.54, 1.807) is 6.07 Å². The second-order valence-corrected chi connectivity index (χ2v) is 11.2. The van der Waals surface area contributed by atoms with Gasteiger partial charge in [0.15, 0.2) is 0 Å². The van der Waals surface area contributed by atoms with Crippen molar-refractivity contribution in [1.29, 1.82) is 0 Å². The Hall–Kier alpha value is -0.980. The molecule has 0 spiro atoms. The van der Waals surface area contributed by atoms with Crippen LogP contribution in [0.3, 0.4) is 0 Å². The Kier molecular flexibility index (Phi) is 17.6. The van der Waals surface area contributed by atoms with E-state index >= 15 is 0 Å². The topological polar surface area (TPSA) is 20.2 Å². The minimum atomic E-state index is 0.398. The molecule has 1 heteroatoms. The Bertz CT molecular complexity index is 594. The van der Waals surface area contributed by atoms with Crippen LogP contribution in [0.2, 0.25) is 0 Å². The van der Waals surface area contributed by atoms with Crippen LogP contribution in [0.15, 0.2) is 24.3 Å². The lowest BCUT2D eigenvalue weighted by atomic mass is 9.71. The summed E-state index contributed by atoms with van der Waals surface area (Å²) in [4.78, 5) is 0. The molecule has 198 valence electrons. The van der Waals surface area contributed by atoms with Crippen molar-refractivity contribution in [3.05, 3.63) is 29.8 Å². The van der Waals surface area contributed by atoms with E-state index in [1.165, 1.54) is 102 Å². The van der Waals surface area contributed by atoms with Gasteiger partial charge in [-0.15, -0.1) is 0 Å². The van der Waals surface area contributed by atoms with Crippen molar-refractivity contribution in [2.45, 2.75) is 144 Å². The van der Waals surface area contributed by atoms with Gasteiger partial charge in [-0.25, -0.2) is 0 Å². The number of benzene rings is 1. The monoisotopic (exact) mass is 472 g/mol. The number of phenolic OH excluding ortho intramolecular Hbond substituents is 1. The first-order chi connectivity index (χ1) is 16.5. The molecule has 1 nitrogen and oxygen atoms in total. The van der Waals surface area contributed by atoms with Gasteiger partial charge in [0.25, 0.3) is 0 Å². The predicted octanol–water partition coefficient (Wildman–Crippen LogP) is 11.0. The fourth-order valence-corrected chi connectivity index (χ4v) is 6.54. The number of rotatable bonds is 21. The van der Waals surface area contributed by atoms with E-state index in [4.69, 9.17) is 0 Å². The van der Waals surface area contributed by atoms with Gasteiger partial charge in [-0.2, -0.15) is 0 Å². The van der Waals surface area contributed by atoms with Crippen LogP contribution < -0.4 is 0 Å². The van der Waals surface area contributed by atoms with Crippen LogP contribution in [0, 0.1) is 29.6 Å². The van der Waals surface area contributed by atoms with Gasteiger partial charge in [-0.05, 0) is 73.0 Å². The molecule has 0 aromatic heterocycles. The highest BCUT2D eigenvalue weighted by Gasteiger charge is 2.27. The van der Waals surface area contributed by atoms with Crippen LogP contribution in [0.25, 0.3) is 0 Å². The number of aromatic hydroxyl groups is 1. The Labute approximate surface area is 214 Å². The Morgan fingerprint density at radius 2 is 1.21 bits per heavy atom. The van der Waals surface area contributed by atoms with Crippen molar-refractivity contribution < 1.29 is 5.11 Å². The summed E-state index contributed by atoms with van der Waals surface area (Å²) >= 11 is 0. The third kappa shape index (κ3) is 12.1. The van der Waals surface area contributed by atoms with E-state index in [-0.39, 0.29) is 0 Å². The van der Waals surface area contributed by atoms with Crippen molar-refractivity contribution in [3.63, 3.8) is 0 Å². The number of phenols is 1. The van der Waals surface area contributed by atoms with Crippen molar-refractivity contribution >= 4 is 0 Å². The van der Waals surface area contributed by atoms with E-state index < -0.39 is 0 Å². The number of aryl methyl sites for hydroxylation is 1. The van der Waals surface area contributed by atoms with Crippen LogP contribution in [0.1, 0.15) is 143 Å². The summed E-state index contributed by atoms with van der Waals surface area (Å²) in [7, 11) is 0. The van der Waals surface area contributed by atoms with Gasteiger partial charge in [0, 0.05) is 0 Å². The summed E-state index contributed by atoms with van der Waals surface area (Å²) in [5, 5.41) is 9.61. The molecule has 1 rings (SSSR count). The van der Waals surface area contributed by atoms with E-state index in [2.05, 4.69) is 47.6 Å². The van der Waals surface area contributed by atoms with Crippen molar-refractivity contribution in [2.75, 3.05) is 0 Å². The molecular formula is C33H60O. The molecule has 0 aliphatic carbocycles. The van der Waals surface area contributed by atoms with Crippen LogP contribution >= 0.6 is 0 Å². The van der Waals surface area contributed by atoms with E-state index in [0.717, 1.165) is 36.0 Å². The molecule has 5 atom stereocenters. The molecule has 0 heterocycles. The maximum absolute atomic E-state index is 9.61. The molecule has 0 aliphatic rings. The summed E-state index contributed by atoms with van der Waals surface area (Å²) in [6.45, 7) is 14.6. The minimum absolute atomic E-state index is 0.398. The first kappa shape index (κ1) is 31.1. The smallest absolute Gasteiger partial charge is 0.115 e. The highest BCUT2D eigenvalue weighted by molar-refractivity contribution is 5.27. The molecule has 0 bridgehead atoms. The summed E-state index contributed by atoms with van der Waals surface area (Å²) in [5.41, 5.74) is 1.27. The maximum Gasteiger partial charge on any atom is 0.115 e. The second-order valence-electron chi connectivity index (χ2n) is 11.2. The average molecular weight is 473 g/mol. The number of hydrogen-bond acceptors (Lipinski definition) is 1. The highest BCUT2D eigenvalue weighted by atomic mass is 16.3. The second kappa shape index (κ2) is 19.2. The molecule has 0 saturated heterocycles. The normalized spacial score (nSPS) is 16.2. The zero-order chi connectivity index (χ0) is 25.2. The summed E-state index contributed by atoms with van der Waals surface area (Å²) in [6.07, 6.45) is 21.8. The molecule has 0 radical (unpaired) electrons. The largest absolute Gasteiger partial charge is 0.508 e. The molecule has 1 aromatic carbocycles. The van der Waals surface area contributed by atoms with Crippen molar-refractivity contribution in [1.82, 2.24) is 0 Å². The van der Waals surface area contributed by atoms with Gasteiger partial charge in [0.1, 0.15) is 5.75 Å². The van der Waals surface area contributed by atoms with Gasteiger partial charge in [-0.1, -0.05) is 131 Å². The molecular weight excluding hydrogens is 412 g/mol. The van der Waals surface area contributed by atoms with Crippen molar-refractivity contribution in [2.24, 2.45) is 29.6 Å². The standard InChI is InChI=1S/C33H60O/c1-7-19-27(8-2)24-30(10-4)32(12-6)26-31(11-5)29(9-3)22-17-15-13-14-16-20-28-21-18-23-33(34)25-28/h18,21,23,25,27,29-32,34H,7-17,19-20,22,24,26H2,1-6H3. The first-order valence-electron chi connectivity index (χ1n) is 15.3. The van der Waals surface area contributed by atoms with Crippen LogP contribution in [-0.2, 0) is 6.42 Å². The van der Waals surface area contributed by atoms with Gasteiger partial charge in [-0.3, -0.25) is 0 Å². The fourth-order valence-electron chi connectivity index (χ4n) is 6.54. The van der Waals surface area contributed by atoms with Crippen LogP contribution in [0.4, 0.5) is 0 Å². The van der Waals surface area contributed by atoms with Gasteiger partial charge >= 0.3 is 0 Å². The number of hydrogen-bond donors (Lipinski definition) is 1. The maximum atomic E-state index is 9.61. The third-order valence-corrected chi connectivity index (χ3v) is 8.90. The molecule has 0 amide bonds. The van der Waals surface area contributed by atoms with Crippen LogP contribution in [-0.4, -0.2) is 5.11 Å². The quantitative estimate of drug-likeness (QED) is 0.176. The zero-order valence-corrected chi connectivity index (χ0v) is 24.0. The fraction of sp³-hybridized carbons (Fsp3) is 0.818. The van der Waals surface area contributed by atoms with E-state index in [0.29, 0.717) is 5.75 Å². The molecule has 0 fully saturated rings. The van der Waals surface area contributed by atoms with Crippen LogP contribution in [0.5, 0.6) is 5.75 Å². The highest BCUT2D eigenvalue weighted by Crippen LogP contribution is 2.38. The summed E-state index contributed by atoms with van der Waals surface area (Å²) in [5.74, 6) is 5.03. The molecule has 0 aliphatic heterocycles. The molecule has 1 N–H and O–H groups in total. The van der Waals surface area contributed by atoms with Crippen molar-refractivity contribution in [3.8, 4) is 5.75 Å². The lowest BCUT2D eigenvalue weighted by Crippen LogP contribution is -2.24. The Morgan fingerprint density at radius 1 is 0.618 bits per heavy atom. The predicted molar refractivity (Wildman–Crippen MR) is 153 cm³/mol. The SMILES string of the molecule is CCCC(CC)CC(CC)C(CC)CC(CC)C(CC)CCCCCCCc1cccc(O)c1. The molecule has 1 aromatic rings. The Balaban J connectivity index is 2.43. The zero-order valence-electron chi connectivity index (χ0n) is 24.0. The lowest BCUT2D eigenvalue weighted by molar-refractivity contribution is 0.166. The Morgan fingerprint density at radius 3 is 1.79 bits per heavy atom. The van der Waals surface area contributed by atoms with Gasteiger partial charge in [0.2, 0.25) is 0 Å². The molecule has 34 heavy (non-hydrogen) atoms. The minimum Gasteiger partial charge on any atom is -0.508 e. The van der Waals surface area contributed by atoms with Gasteiger partial charge < -0.3 is 5.11 Å². The average Bonchev–Trinajstić information content (AvgIpc) is 2.85. The molecule has 5 unspecified atom stereocenters.